The number of nitrogens with one attached hydrogen (secondary N) is 4. The second-order valence-corrected chi connectivity index (χ2v) is 10.5. The van der Waals surface area contributed by atoms with Gasteiger partial charge in [0.1, 0.15) is 18.2 Å². The van der Waals surface area contributed by atoms with E-state index < -0.39 is 53.8 Å². The van der Waals surface area contributed by atoms with Crippen LogP contribution in [0.5, 0.6) is 0 Å². The van der Waals surface area contributed by atoms with Crippen molar-refractivity contribution in [3.8, 4) is 0 Å². The van der Waals surface area contributed by atoms with Gasteiger partial charge in [-0.25, -0.2) is 0 Å². The standard InChI is InChI=1S/C24H44F2N4O5/c1-12(2)10-16(20(32)24(25,26)23(35)27-9)28-21(33)19(15(7)8)30-22(34)18(14(5)6)29-17(31)11-13(3)4/h12-16,18-20,32H,10-11H2,1-9H3,(H,27,35)(H,28,33)(H,29,31)(H,30,34)/t16-,18-,19-,20+/m0/s1. The SMILES string of the molecule is CNC(=O)C(F)(F)[C@H](O)[C@H](CC(C)C)NC(=O)[C@@H](NC(=O)[C@@H](NC(=O)CC(C)C)C(C)C)C(C)C. The number of hydrogen-bond acceptors (Lipinski definition) is 5. The monoisotopic (exact) mass is 506 g/mol. The van der Waals surface area contributed by atoms with Crippen molar-refractivity contribution in [3.63, 3.8) is 0 Å². The molecule has 4 atom stereocenters. The molecule has 9 nitrogen and oxygen atoms in total. The lowest BCUT2D eigenvalue weighted by Gasteiger charge is -2.33. The highest BCUT2D eigenvalue weighted by Crippen LogP contribution is 2.25. The molecule has 11 heteroatoms. The van der Waals surface area contributed by atoms with Crippen molar-refractivity contribution in [1.82, 2.24) is 21.3 Å². The number of hydrogen-bond donors (Lipinski definition) is 5. The number of amides is 4. The Morgan fingerprint density at radius 2 is 1.23 bits per heavy atom. The third-order valence-corrected chi connectivity index (χ3v) is 5.44. The Morgan fingerprint density at radius 1 is 0.771 bits per heavy atom. The molecule has 0 aliphatic rings. The molecule has 0 heterocycles. The first-order valence-electron chi connectivity index (χ1n) is 12.1. The minimum absolute atomic E-state index is 0.0296. The summed E-state index contributed by atoms with van der Waals surface area (Å²) in [4.78, 5) is 49.9. The minimum atomic E-state index is -4.14. The Morgan fingerprint density at radius 3 is 1.63 bits per heavy atom. The van der Waals surface area contributed by atoms with Crippen molar-refractivity contribution in [1.29, 1.82) is 0 Å². The molecule has 0 saturated carbocycles. The first-order valence-corrected chi connectivity index (χ1v) is 12.1. The Kier molecular flexibility index (Phi) is 13.4. The molecule has 0 aliphatic carbocycles. The lowest BCUT2D eigenvalue weighted by Crippen LogP contribution is -2.61. The molecule has 0 spiro atoms. The highest BCUT2D eigenvalue weighted by Gasteiger charge is 2.50. The van der Waals surface area contributed by atoms with Gasteiger partial charge in [0.25, 0.3) is 5.91 Å². The van der Waals surface area contributed by atoms with E-state index in [0.29, 0.717) is 0 Å². The Bertz CT molecular complexity index is 729. The molecule has 0 aromatic rings. The van der Waals surface area contributed by atoms with Crippen LogP contribution in [0.1, 0.15) is 68.2 Å². The van der Waals surface area contributed by atoms with Crippen LogP contribution in [0.3, 0.4) is 0 Å². The van der Waals surface area contributed by atoms with Crippen molar-refractivity contribution in [2.75, 3.05) is 7.05 Å². The van der Waals surface area contributed by atoms with Gasteiger partial charge < -0.3 is 26.4 Å². The number of carbonyl (C=O) groups excluding carboxylic acids is 4. The molecule has 0 fully saturated rings. The van der Waals surface area contributed by atoms with E-state index in [1.54, 1.807) is 41.5 Å². The van der Waals surface area contributed by atoms with Gasteiger partial charge in [0.15, 0.2) is 0 Å². The molecular formula is C24H44F2N4O5. The third kappa shape index (κ3) is 10.5. The zero-order valence-electron chi connectivity index (χ0n) is 22.4. The summed E-state index contributed by atoms with van der Waals surface area (Å²) in [7, 11) is 1.02. The first kappa shape index (κ1) is 32.7. The van der Waals surface area contributed by atoms with Gasteiger partial charge in [-0.3, -0.25) is 19.2 Å². The average molecular weight is 507 g/mol. The Balaban J connectivity index is 5.72. The lowest BCUT2D eigenvalue weighted by atomic mass is 9.93. The fourth-order valence-electron chi connectivity index (χ4n) is 3.52. The van der Waals surface area contributed by atoms with Crippen LogP contribution in [0, 0.1) is 23.7 Å². The highest BCUT2D eigenvalue weighted by atomic mass is 19.3. The number of alkyl halides is 2. The molecule has 0 rings (SSSR count). The number of carbonyl (C=O) groups is 4. The molecule has 0 unspecified atom stereocenters. The summed E-state index contributed by atoms with van der Waals surface area (Å²) >= 11 is 0. The molecular weight excluding hydrogens is 462 g/mol. The van der Waals surface area contributed by atoms with Gasteiger partial charge in [0.2, 0.25) is 17.7 Å². The number of halogens is 2. The Hall–Kier alpha value is -2.30. The predicted octanol–water partition coefficient (Wildman–Crippen LogP) is 1.59. The predicted molar refractivity (Wildman–Crippen MR) is 129 cm³/mol. The van der Waals surface area contributed by atoms with E-state index in [1.165, 1.54) is 0 Å². The molecule has 0 saturated heterocycles. The van der Waals surface area contributed by atoms with Crippen molar-refractivity contribution in [3.05, 3.63) is 0 Å². The molecule has 0 aromatic heterocycles. The summed E-state index contributed by atoms with van der Waals surface area (Å²) in [5, 5.41) is 19.8. The van der Waals surface area contributed by atoms with Crippen molar-refractivity contribution in [2.24, 2.45) is 23.7 Å². The van der Waals surface area contributed by atoms with Crippen LogP contribution in [0.15, 0.2) is 0 Å². The second kappa shape index (κ2) is 14.3. The zero-order valence-corrected chi connectivity index (χ0v) is 22.4. The molecule has 0 radical (unpaired) electrons. The van der Waals surface area contributed by atoms with Crippen molar-refractivity contribution < 1.29 is 33.1 Å². The van der Waals surface area contributed by atoms with E-state index in [1.807, 2.05) is 19.2 Å². The highest BCUT2D eigenvalue weighted by molar-refractivity contribution is 5.92. The van der Waals surface area contributed by atoms with Crippen LogP contribution in [0.2, 0.25) is 0 Å². The number of aliphatic hydroxyl groups is 1. The second-order valence-electron chi connectivity index (χ2n) is 10.5. The number of aliphatic hydroxyl groups excluding tert-OH is 1. The summed E-state index contributed by atoms with van der Waals surface area (Å²) in [6, 6.07) is -3.47. The van der Waals surface area contributed by atoms with Gasteiger partial charge in [-0.1, -0.05) is 55.4 Å². The van der Waals surface area contributed by atoms with Crippen molar-refractivity contribution >= 4 is 23.6 Å². The van der Waals surface area contributed by atoms with Gasteiger partial charge in [0.05, 0.1) is 6.04 Å². The van der Waals surface area contributed by atoms with E-state index in [0.717, 1.165) is 7.05 Å². The smallest absolute Gasteiger partial charge is 0.351 e. The third-order valence-electron chi connectivity index (χ3n) is 5.44. The van der Waals surface area contributed by atoms with Gasteiger partial charge >= 0.3 is 5.92 Å². The van der Waals surface area contributed by atoms with Crippen LogP contribution in [-0.2, 0) is 19.2 Å². The van der Waals surface area contributed by atoms with Crippen molar-refractivity contribution in [2.45, 2.75) is 98.4 Å². The quantitative estimate of drug-likeness (QED) is 0.244. The minimum Gasteiger partial charge on any atom is -0.384 e. The molecule has 204 valence electrons. The maximum atomic E-state index is 14.4. The van der Waals surface area contributed by atoms with Gasteiger partial charge in [-0.15, -0.1) is 0 Å². The van der Waals surface area contributed by atoms with E-state index in [4.69, 9.17) is 0 Å². The van der Waals surface area contributed by atoms with Gasteiger partial charge in [-0.05, 0) is 30.1 Å². The van der Waals surface area contributed by atoms with E-state index in [9.17, 15) is 33.1 Å². The lowest BCUT2D eigenvalue weighted by molar-refractivity contribution is -0.168. The molecule has 0 aliphatic heterocycles. The molecule has 0 bridgehead atoms. The van der Waals surface area contributed by atoms with E-state index in [-0.39, 0.29) is 36.5 Å². The number of rotatable bonds is 14. The fourth-order valence-corrected chi connectivity index (χ4v) is 3.52. The first-order chi connectivity index (χ1) is 15.9. The fraction of sp³-hybridized carbons (Fsp3) is 0.833. The normalized spacial score (nSPS) is 15.5. The van der Waals surface area contributed by atoms with Crippen LogP contribution in [-0.4, -0.2) is 65.9 Å². The molecule has 0 aromatic carbocycles. The average Bonchev–Trinajstić information content (AvgIpc) is 2.72. The maximum Gasteiger partial charge on any atom is 0.351 e. The summed E-state index contributed by atoms with van der Waals surface area (Å²) in [6.45, 7) is 14.0. The van der Waals surface area contributed by atoms with Crippen LogP contribution >= 0.6 is 0 Å². The molecule has 35 heavy (non-hydrogen) atoms. The topological polar surface area (TPSA) is 137 Å². The largest absolute Gasteiger partial charge is 0.384 e. The summed E-state index contributed by atoms with van der Waals surface area (Å²) in [6.07, 6.45) is -2.27. The van der Waals surface area contributed by atoms with E-state index >= 15 is 0 Å². The van der Waals surface area contributed by atoms with Gasteiger partial charge in [0, 0.05) is 13.5 Å². The summed E-state index contributed by atoms with van der Waals surface area (Å²) in [5.74, 6) is -8.26. The van der Waals surface area contributed by atoms with Crippen LogP contribution in [0.4, 0.5) is 8.78 Å². The molecule has 4 amide bonds. The van der Waals surface area contributed by atoms with E-state index in [2.05, 4.69) is 16.0 Å². The van der Waals surface area contributed by atoms with Crippen LogP contribution in [0.25, 0.3) is 0 Å². The summed E-state index contributed by atoms with van der Waals surface area (Å²) in [5.41, 5.74) is 0. The zero-order chi connectivity index (χ0) is 27.7. The van der Waals surface area contributed by atoms with Gasteiger partial charge in [-0.2, -0.15) is 8.78 Å². The summed E-state index contributed by atoms with van der Waals surface area (Å²) < 4.78 is 28.8. The molecule has 5 N–H and O–H groups in total. The maximum absolute atomic E-state index is 14.4. The van der Waals surface area contributed by atoms with Crippen LogP contribution < -0.4 is 21.3 Å². The Labute approximate surface area is 207 Å².